The zero-order valence-corrected chi connectivity index (χ0v) is 15.1. The van der Waals surface area contributed by atoms with Gasteiger partial charge in [0.2, 0.25) is 0 Å². The molecule has 6 nitrogen and oxygen atoms in total. The van der Waals surface area contributed by atoms with E-state index < -0.39 is 5.91 Å². The number of rotatable bonds is 9. The predicted molar refractivity (Wildman–Crippen MR) is 99.2 cm³/mol. The number of amides is 2. The van der Waals surface area contributed by atoms with Crippen molar-refractivity contribution in [1.82, 2.24) is 4.90 Å². The average Bonchev–Trinajstić information content (AvgIpc) is 2.66. The van der Waals surface area contributed by atoms with Gasteiger partial charge in [0.05, 0.1) is 5.56 Å². The van der Waals surface area contributed by atoms with Crippen molar-refractivity contribution in [3.05, 3.63) is 65.2 Å². The summed E-state index contributed by atoms with van der Waals surface area (Å²) in [6.07, 6.45) is 0.783. The lowest BCUT2D eigenvalue weighted by molar-refractivity contribution is 0.0779. The van der Waals surface area contributed by atoms with Crippen LogP contribution in [0.4, 0.5) is 0 Å². The Bertz CT molecular complexity index is 761. The van der Waals surface area contributed by atoms with Crippen LogP contribution in [-0.2, 0) is 11.3 Å². The number of hydrogen-bond acceptors (Lipinski definition) is 4. The Morgan fingerprint density at radius 1 is 1.12 bits per heavy atom. The van der Waals surface area contributed by atoms with Crippen molar-refractivity contribution >= 4 is 11.8 Å². The Kier molecular flexibility index (Phi) is 7.17. The van der Waals surface area contributed by atoms with Crippen LogP contribution >= 0.6 is 0 Å². The minimum atomic E-state index is -0.540. The monoisotopic (exact) mass is 356 g/mol. The van der Waals surface area contributed by atoms with E-state index in [9.17, 15) is 9.59 Å². The van der Waals surface area contributed by atoms with Gasteiger partial charge in [-0.05, 0) is 36.2 Å². The van der Waals surface area contributed by atoms with Crippen LogP contribution in [0.5, 0.6) is 5.75 Å². The molecule has 138 valence electrons. The van der Waals surface area contributed by atoms with Crippen molar-refractivity contribution in [2.75, 3.05) is 27.3 Å². The second-order valence-electron chi connectivity index (χ2n) is 5.92. The molecule has 0 saturated heterocycles. The van der Waals surface area contributed by atoms with Gasteiger partial charge in [-0.15, -0.1) is 0 Å². The van der Waals surface area contributed by atoms with Gasteiger partial charge in [-0.3, -0.25) is 9.59 Å². The van der Waals surface area contributed by atoms with Gasteiger partial charge in [0.25, 0.3) is 11.8 Å². The van der Waals surface area contributed by atoms with Gasteiger partial charge in [0.15, 0.2) is 0 Å². The Morgan fingerprint density at radius 3 is 2.62 bits per heavy atom. The summed E-state index contributed by atoms with van der Waals surface area (Å²) < 4.78 is 10.7. The van der Waals surface area contributed by atoms with Gasteiger partial charge in [-0.1, -0.05) is 24.3 Å². The van der Waals surface area contributed by atoms with E-state index in [0.717, 1.165) is 12.0 Å². The second kappa shape index (κ2) is 9.58. The van der Waals surface area contributed by atoms with Crippen LogP contribution in [0.3, 0.4) is 0 Å². The minimum absolute atomic E-state index is 0.0551. The number of benzene rings is 2. The summed E-state index contributed by atoms with van der Waals surface area (Å²) in [5, 5.41) is 0. The third kappa shape index (κ3) is 5.32. The maximum Gasteiger partial charge on any atom is 0.253 e. The predicted octanol–water partition coefficient (Wildman–Crippen LogP) is 2.47. The summed E-state index contributed by atoms with van der Waals surface area (Å²) in [6, 6.07) is 14.1. The first-order chi connectivity index (χ1) is 12.5. The molecule has 0 aromatic heterocycles. The average molecular weight is 356 g/mol. The maximum absolute atomic E-state index is 12.5. The van der Waals surface area contributed by atoms with E-state index in [1.807, 2.05) is 12.1 Å². The fraction of sp³-hybridized carbons (Fsp3) is 0.300. The molecule has 0 aliphatic carbocycles. The number of carbonyl (C=O) groups excluding carboxylic acids is 2. The number of nitrogens with two attached hydrogens (primary N) is 1. The summed E-state index contributed by atoms with van der Waals surface area (Å²) in [4.78, 5) is 25.6. The third-order valence-corrected chi connectivity index (χ3v) is 3.91. The van der Waals surface area contributed by atoms with Crippen LogP contribution in [0.15, 0.2) is 48.5 Å². The highest BCUT2D eigenvalue weighted by Crippen LogP contribution is 2.19. The number of primary amides is 1. The van der Waals surface area contributed by atoms with Gasteiger partial charge in [-0.2, -0.15) is 0 Å². The lowest BCUT2D eigenvalue weighted by Crippen LogP contribution is -2.28. The molecule has 0 saturated carbocycles. The van der Waals surface area contributed by atoms with Crippen molar-refractivity contribution < 1.29 is 19.1 Å². The summed E-state index contributed by atoms with van der Waals surface area (Å²) in [7, 11) is 3.41. The van der Waals surface area contributed by atoms with Gasteiger partial charge in [-0.25, -0.2) is 0 Å². The molecule has 2 N–H and O–H groups in total. The minimum Gasteiger partial charge on any atom is -0.488 e. The van der Waals surface area contributed by atoms with Gasteiger partial charge in [0, 0.05) is 32.9 Å². The molecule has 0 bridgehead atoms. The number of nitrogens with zero attached hydrogens (tertiary/aromatic N) is 1. The van der Waals surface area contributed by atoms with Gasteiger partial charge in [0.1, 0.15) is 12.4 Å². The fourth-order valence-corrected chi connectivity index (χ4v) is 2.52. The highest BCUT2D eigenvalue weighted by molar-refractivity contribution is 5.95. The Labute approximate surface area is 153 Å². The van der Waals surface area contributed by atoms with Crippen molar-refractivity contribution in [1.29, 1.82) is 0 Å². The molecule has 6 heteroatoms. The normalized spacial score (nSPS) is 10.4. The maximum atomic E-state index is 12.5. The molecule has 0 spiro atoms. The molecule has 26 heavy (non-hydrogen) atoms. The van der Waals surface area contributed by atoms with Crippen LogP contribution in [0, 0.1) is 0 Å². The van der Waals surface area contributed by atoms with Crippen LogP contribution in [0.2, 0.25) is 0 Å². The largest absolute Gasteiger partial charge is 0.488 e. The molecule has 2 amide bonds. The molecule has 0 heterocycles. The number of para-hydroxylation sites is 1. The smallest absolute Gasteiger partial charge is 0.253 e. The van der Waals surface area contributed by atoms with Crippen molar-refractivity contribution in [3.8, 4) is 5.75 Å². The van der Waals surface area contributed by atoms with E-state index in [2.05, 4.69) is 0 Å². The second-order valence-corrected chi connectivity index (χ2v) is 5.92. The van der Waals surface area contributed by atoms with E-state index >= 15 is 0 Å². The van der Waals surface area contributed by atoms with E-state index in [-0.39, 0.29) is 12.5 Å². The molecule has 0 aliphatic rings. The zero-order chi connectivity index (χ0) is 18.9. The Hall–Kier alpha value is -2.86. The fourth-order valence-electron chi connectivity index (χ4n) is 2.52. The molecule has 2 aromatic rings. The number of methoxy groups -OCH3 is 1. The number of ether oxygens (including phenoxy) is 2. The van der Waals surface area contributed by atoms with Crippen LogP contribution in [0.25, 0.3) is 0 Å². The molecule has 2 rings (SSSR count). The molecule has 0 aliphatic heterocycles. The molecule has 0 unspecified atom stereocenters. The molecule has 0 radical (unpaired) electrons. The highest BCUT2D eigenvalue weighted by atomic mass is 16.5. The summed E-state index contributed by atoms with van der Waals surface area (Å²) in [5.41, 5.74) is 7.11. The lowest BCUT2D eigenvalue weighted by atomic mass is 10.1. The highest BCUT2D eigenvalue weighted by Gasteiger charge is 2.13. The quantitative estimate of drug-likeness (QED) is 0.700. The summed E-state index contributed by atoms with van der Waals surface area (Å²) >= 11 is 0. The van der Waals surface area contributed by atoms with Gasteiger partial charge >= 0.3 is 0 Å². The number of carbonyl (C=O) groups is 2. The molecule has 0 atom stereocenters. The van der Waals surface area contributed by atoms with Crippen LogP contribution < -0.4 is 10.5 Å². The molecule has 0 fully saturated rings. The summed E-state index contributed by atoms with van der Waals surface area (Å²) in [5.74, 6) is -0.170. The standard InChI is InChI=1S/C20H24N2O4/c1-22(11-6-12-25-2)20(24)16-8-5-7-15(13-16)14-26-18-10-4-3-9-17(18)19(21)23/h3-5,7-10,13H,6,11-12,14H2,1-2H3,(H2,21,23). The SMILES string of the molecule is COCCCN(C)C(=O)c1cccc(COc2ccccc2C(N)=O)c1. The van der Waals surface area contributed by atoms with Crippen LogP contribution in [-0.4, -0.2) is 44.0 Å². The van der Waals surface area contributed by atoms with E-state index in [1.54, 1.807) is 55.5 Å². The van der Waals surface area contributed by atoms with Crippen molar-refractivity contribution in [2.45, 2.75) is 13.0 Å². The number of hydrogen-bond donors (Lipinski definition) is 1. The van der Waals surface area contributed by atoms with Crippen molar-refractivity contribution in [3.63, 3.8) is 0 Å². The Balaban J connectivity index is 2.03. The first kappa shape index (κ1) is 19.5. The van der Waals surface area contributed by atoms with Crippen molar-refractivity contribution in [2.24, 2.45) is 5.73 Å². The first-order valence-corrected chi connectivity index (χ1v) is 8.38. The topological polar surface area (TPSA) is 81.9 Å². The first-order valence-electron chi connectivity index (χ1n) is 8.38. The Morgan fingerprint density at radius 2 is 1.88 bits per heavy atom. The summed E-state index contributed by atoms with van der Waals surface area (Å²) in [6.45, 7) is 1.48. The molecule has 2 aromatic carbocycles. The van der Waals surface area contributed by atoms with Crippen LogP contribution in [0.1, 0.15) is 32.7 Å². The molecular weight excluding hydrogens is 332 g/mol. The van der Waals surface area contributed by atoms with E-state index in [4.69, 9.17) is 15.2 Å². The third-order valence-electron chi connectivity index (χ3n) is 3.91. The lowest BCUT2D eigenvalue weighted by Gasteiger charge is -2.17. The van der Waals surface area contributed by atoms with E-state index in [1.165, 1.54) is 0 Å². The molecular formula is C20H24N2O4. The van der Waals surface area contributed by atoms with Gasteiger partial charge < -0.3 is 20.1 Å². The van der Waals surface area contributed by atoms with E-state index in [0.29, 0.717) is 30.0 Å². The zero-order valence-electron chi connectivity index (χ0n) is 15.1.